The molecule has 1 amide bonds. The molecule has 1 aliphatic carbocycles. The normalized spacial score (nSPS) is 22.6. The SMILES string of the molecule is COc1cc(-c2nc([C@H]3CC[C@H](N4CC(F)(F)C4)CC3)n3ccnc(C)c23)ccc1NC(=O)C1Cc2c(OC)cccc2N1C. The lowest BCUT2D eigenvalue weighted by Gasteiger charge is -2.46. The Balaban J connectivity index is 1.13. The number of benzene rings is 2. The summed E-state index contributed by atoms with van der Waals surface area (Å²) in [6.45, 7) is 1.73. The van der Waals surface area contributed by atoms with Gasteiger partial charge in [-0.1, -0.05) is 12.1 Å². The quantitative estimate of drug-likeness (QED) is 0.285. The predicted octanol–water partition coefficient (Wildman–Crippen LogP) is 5.70. The first-order valence-electron chi connectivity index (χ1n) is 15.5. The van der Waals surface area contributed by atoms with Crippen LogP contribution in [0.5, 0.6) is 11.5 Å². The number of alkyl halides is 2. The Morgan fingerprint density at radius 2 is 1.80 bits per heavy atom. The zero-order valence-electron chi connectivity index (χ0n) is 26.0. The van der Waals surface area contributed by atoms with Crippen LogP contribution in [0.3, 0.4) is 0 Å². The number of halogens is 2. The molecule has 9 nitrogen and oxygen atoms in total. The second-order valence-electron chi connectivity index (χ2n) is 12.5. The molecule has 2 aromatic carbocycles. The third kappa shape index (κ3) is 5.16. The van der Waals surface area contributed by atoms with Crippen molar-refractivity contribution in [3.63, 3.8) is 0 Å². The lowest BCUT2D eigenvalue weighted by atomic mass is 9.83. The number of aryl methyl sites for hydroxylation is 1. The highest BCUT2D eigenvalue weighted by molar-refractivity contribution is 6.00. The number of carbonyl (C=O) groups is 1. The van der Waals surface area contributed by atoms with Crippen molar-refractivity contribution in [3.05, 3.63) is 65.9 Å². The summed E-state index contributed by atoms with van der Waals surface area (Å²) in [5.74, 6) is -0.170. The number of anilines is 2. The zero-order chi connectivity index (χ0) is 31.5. The van der Waals surface area contributed by atoms with Crippen LogP contribution in [0.15, 0.2) is 48.8 Å². The van der Waals surface area contributed by atoms with E-state index in [-0.39, 0.29) is 37.0 Å². The molecule has 45 heavy (non-hydrogen) atoms. The van der Waals surface area contributed by atoms with Crippen LogP contribution in [-0.4, -0.2) is 77.5 Å². The van der Waals surface area contributed by atoms with E-state index < -0.39 is 5.92 Å². The number of amides is 1. The standard InChI is InChI=1S/C34H38F2N6O3/c1-20-31-30(39-32(42(31)15-14-37-20)21-8-11-23(12-9-21)41-18-34(35,36)19-41)22-10-13-25(29(16-22)45-4)38-33(43)27-17-24-26(40(27)2)6-5-7-28(24)44-3/h5-7,10,13-16,21,23,27H,8-9,11-12,17-19H2,1-4H3,(H,38,43)/t21-,23-,27?. The van der Waals surface area contributed by atoms with Crippen LogP contribution < -0.4 is 19.7 Å². The molecular formula is C34H38F2N6O3. The molecule has 0 radical (unpaired) electrons. The Labute approximate surface area is 261 Å². The van der Waals surface area contributed by atoms with Crippen molar-refractivity contribution >= 4 is 22.8 Å². The summed E-state index contributed by atoms with van der Waals surface area (Å²) in [5, 5.41) is 3.08. The van der Waals surface area contributed by atoms with Crippen molar-refractivity contribution in [3.8, 4) is 22.8 Å². The van der Waals surface area contributed by atoms with Crippen LogP contribution in [0.4, 0.5) is 20.2 Å². The minimum absolute atomic E-state index is 0.123. The Hall–Kier alpha value is -4.25. The van der Waals surface area contributed by atoms with Gasteiger partial charge in [0.15, 0.2) is 0 Å². The number of hydrogen-bond acceptors (Lipinski definition) is 7. The fourth-order valence-corrected chi connectivity index (χ4v) is 7.42. The minimum Gasteiger partial charge on any atom is -0.496 e. The maximum atomic E-state index is 13.5. The van der Waals surface area contributed by atoms with E-state index in [0.29, 0.717) is 17.9 Å². The number of imidazole rings is 1. The van der Waals surface area contributed by atoms with Crippen molar-refractivity contribution in [1.29, 1.82) is 0 Å². The van der Waals surface area contributed by atoms with Crippen LogP contribution in [0.25, 0.3) is 16.8 Å². The van der Waals surface area contributed by atoms with Crippen molar-refractivity contribution in [2.24, 2.45) is 0 Å². The van der Waals surface area contributed by atoms with Crippen molar-refractivity contribution in [2.45, 2.75) is 63.0 Å². The third-order valence-electron chi connectivity index (χ3n) is 9.82. The van der Waals surface area contributed by atoms with Crippen LogP contribution in [0.2, 0.25) is 0 Å². The minimum atomic E-state index is -2.54. The van der Waals surface area contributed by atoms with Gasteiger partial charge in [-0.05, 0) is 56.9 Å². The summed E-state index contributed by atoms with van der Waals surface area (Å²) >= 11 is 0. The number of ether oxygens (including phenoxy) is 2. The van der Waals surface area contributed by atoms with Gasteiger partial charge in [0.1, 0.15) is 23.4 Å². The fraction of sp³-hybridized carbons (Fsp3) is 0.441. The lowest BCUT2D eigenvalue weighted by molar-refractivity contribution is -0.150. The van der Waals surface area contributed by atoms with E-state index >= 15 is 0 Å². The van der Waals surface area contributed by atoms with Gasteiger partial charge < -0.3 is 19.7 Å². The lowest BCUT2D eigenvalue weighted by Crippen LogP contribution is -2.60. The fourth-order valence-electron chi connectivity index (χ4n) is 7.42. The molecule has 1 saturated heterocycles. The smallest absolute Gasteiger partial charge is 0.272 e. The first-order chi connectivity index (χ1) is 21.7. The Kier molecular flexibility index (Phi) is 7.38. The third-order valence-corrected chi connectivity index (χ3v) is 9.82. The largest absolute Gasteiger partial charge is 0.496 e. The first-order valence-corrected chi connectivity index (χ1v) is 15.5. The summed E-state index contributed by atoms with van der Waals surface area (Å²) in [7, 11) is 5.15. The van der Waals surface area contributed by atoms with Crippen LogP contribution in [0, 0.1) is 6.92 Å². The molecule has 1 unspecified atom stereocenters. The molecule has 1 atom stereocenters. The molecule has 1 saturated carbocycles. The van der Waals surface area contributed by atoms with E-state index in [1.165, 1.54) is 0 Å². The molecule has 7 rings (SSSR count). The van der Waals surface area contributed by atoms with Crippen LogP contribution in [-0.2, 0) is 11.2 Å². The highest BCUT2D eigenvalue weighted by Crippen LogP contribution is 2.42. The highest BCUT2D eigenvalue weighted by atomic mass is 19.3. The Morgan fingerprint density at radius 3 is 2.51 bits per heavy atom. The second kappa shape index (κ2) is 11.3. The van der Waals surface area contributed by atoms with Gasteiger partial charge in [0.25, 0.3) is 5.92 Å². The van der Waals surface area contributed by atoms with Gasteiger partial charge in [0.05, 0.1) is 49.9 Å². The van der Waals surface area contributed by atoms with Gasteiger partial charge >= 0.3 is 0 Å². The monoisotopic (exact) mass is 616 g/mol. The topological polar surface area (TPSA) is 84.2 Å². The van der Waals surface area contributed by atoms with Gasteiger partial charge in [0, 0.05) is 54.6 Å². The van der Waals surface area contributed by atoms with Crippen molar-refractivity contribution in [2.75, 3.05) is 44.6 Å². The number of carbonyl (C=O) groups excluding carboxylic acids is 1. The van der Waals surface area contributed by atoms with E-state index in [4.69, 9.17) is 14.5 Å². The van der Waals surface area contributed by atoms with Crippen molar-refractivity contribution in [1.82, 2.24) is 19.3 Å². The molecule has 0 spiro atoms. The summed E-state index contributed by atoms with van der Waals surface area (Å²) < 4.78 is 40.4. The number of likely N-dealkylation sites (N-methyl/N-ethyl adjacent to an activating group) is 1. The number of likely N-dealkylation sites (tertiary alicyclic amines) is 1. The molecule has 11 heteroatoms. The summed E-state index contributed by atoms with van der Waals surface area (Å²) in [6.07, 6.45) is 7.84. The Bertz CT molecular complexity index is 1760. The number of hydrogen-bond donors (Lipinski definition) is 1. The zero-order valence-corrected chi connectivity index (χ0v) is 26.0. The molecule has 2 aromatic heterocycles. The number of methoxy groups -OCH3 is 2. The van der Waals surface area contributed by atoms with E-state index in [1.807, 2.05) is 66.4 Å². The molecule has 1 N–H and O–H groups in total. The molecule has 2 fully saturated rings. The summed E-state index contributed by atoms with van der Waals surface area (Å²) in [4.78, 5) is 27.2. The highest BCUT2D eigenvalue weighted by Gasteiger charge is 2.47. The molecule has 4 aromatic rings. The molecular weight excluding hydrogens is 578 g/mol. The molecule has 0 bridgehead atoms. The molecule has 2 aliphatic heterocycles. The van der Waals surface area contributed by atoms with E-state index in [1.54, 1.807) is 20.4 Å². The maximum absolute atomic E-state index is 13.5. The van der Waals surface area contributed by atoms with Gasteiger partial charge in [-0.3, -0.25) is 19.1 Å². The second-order valence-corrected chi connectivity index (χ2v) is 12.5. The summed E-state index contributed by atoms with van der Waals surface area (Å²) in [6, 6.07) is 11.4. The number of nitrogens with zero attached hydrogens (tertiary/aromatic N) is 5. The molecule has 236 valence electrons. The van der Waals surface area contributed by atoms with Crippen LogP contribution in [0.1, 0.15) is 48.7 Å². The average molecular weight is 617 g/mol. The van der Waals surface area contributed by atoms with Gasteiger partial charge in [-0.15, -0.1) is 0 Å². The van der Waals surface area contributed by atoms with Gasteiger partial charge in [-0.25, -0.2) is 13.8 Å². The maximum Gasteiger partial charge on any atom is 0.272 e. The predicted molar refractivity (Wildman–Crippen MR) is 169 cm³/mol. The van der Waals surface area contributed by atoms with E-state index in [0.717, 1.165) is 71.0 Å². The molecule has 3 aliphatic rings. The molecule has 4 heterocycles. The Morgan fingerprint density at radius 1 is 1.04 bits per heavy atom. The van der Waals surface area contributed by atoms with Gasteiger partial charge in [-0.2, -0.15) is 0 Å². The number of aromatic nitrogens is 3. The number of rotatable bonds is 7. The number of nitrogens with one attached hydrogen (secondary N) is 1. The van der Waals surface area contributed by atoms with E-state index in [2.05, 4.69) is 14.7 Å². The van der Waals surface area contributed by atoms with Gasteiger partial charge in [0.2, 0.25) is 5.91 Å². The number of fused-ring (bicyclic) bond motifs is 2. The van der Waals surface area contributed by atoms with E-state index in [9.17, 15) is 13.6 Å². The van der Waals surface area contributed by atoms with Crippen LogP contribution >= 0.6 is 0 Å². The summed E-state index contributed by atoms with van der Waals surface area (Å²) in [5.41, 5.74) is 6.03. The first kappa shape index (κ1) is 29.5. The van der Waals surface area contributed by atoms with Crippen molar-refractivity contribution < 1.29 is 23.0 Å². The average Bonchev–Trinajstić information content (AvgIpc) is 3.59.